The number of nitriles is 1. The van der Waals surface area contributed by atoms with Gasteiger partial charge in [0.1, 0.15) is 11.8 Å². The highest BCUT2D eigenvalue weighted by atomic mass is 79.9. The molecule has 0 aliphatic carbocycles. The van der Waals surface area contributed by atoms with Gasteiger partial charge in [-0.05, 0) is 11.6 Å². The topological polar surface area (TPSA) is 45.9 Å². The van der Waals surface area contributed by atoms with Gasteiger partial charge in [-0.2, -0.15) is 5.26 Å². The number of nitrogens with zero attached hydrogens (tertiary/aromatic N) is 2. The molecule has 1 heterocycles. The van der Waals surface area contributed by atoms with E-state index in [-0.39, 0.29) is 5.69 Å². The van der Waals surface area contributed by atoms with Gasteiger partial charge in [0.25, 0.3) is 0 Å². The van der Waals surface area contributed by atoms with Crippen LogP contribution in [0, 0.1) is 11.3 Å². The number of pyridine rings is 1. The van der Waals surface area contributed by atoms with Gasteiger partial charge in [-0.25, -0.2) is 4.98 Å². The van der Waals surface area contributed by atoms with Crippen LogP contribution in [0.2, 0.25) is 0 Å². The Bertz CT molecular complexity index is 400. The molecule has 7 heteroatoms. The normalized spacial score (nSPS) is 10.9. The molecule has 0 saturated carbocycles. The lowest BCUT2D eigenvalue weighted by atomic mass is 10.2. The number of hydrogen-bond donors (Lipinski definition) is 0. The maximum absolute atomic E-state index is 11.9. The van der Waals surface area contributed by atoms with Gasteiger partial charge in [-0.3, -0.25) is 0 Å². The van der Waals surface area contributed by atoms with E-state index in [4.69, 9.17) is 5.26 Å². The Kier molecular flexibility index (Phi) is 3.52. The number of hydrogen-bond acceptors (Lipinski definition) is 3. The van der Waals surface area contributed by atoms with Crippen molar-refractivity contribution >= 4 is 15.9 Å². The summed E-state index contributed by atoms with van der Waals surface area (Å²) < 4.78 is 39.2. The van der Waals surface area contributed by atoms with E-state index in [1.165, 1.54) is 6.07 Å². The van der Waals surface area contributed by atoms with Crippen LogP contribution in [0.15, 0.2) is 12.1 Å². The van der Waals surface area contributed by atoms with E-state index >= 15 is 0 Å². The van der Waals surface area contributed by atoms with E-state index in [1.807, 2.05) is 0 Å². The van der Waals surface area contributed by atoms with Crippen LogP contribution in [0.25, 0.3) is 0 Å². The first kappa shape index (κ1) is 11.8. The molecule has 15 heavy (non-hydrogen) atoms. The first-order valence-electron chi connectivity index (χ1n) is 3.67. The average Bonchev–Trinajstić information content (AvgIpc) is 2.14. The summed E-state index contributed by atoms with van der Waals surface area (Å²) in [5.41, 5.74) is 0.368. The zero-order chi connectivity index (χ0) is 11.5. The molecule has 0 saturated heterocycles. The van der Waals surface area contributed by atoms with Crippen molar-refractivity contribution in [1.29, 1.82) is 5.26 Å². The summed E-state index contributed by atoms with van der Waals surface area (Å²) in [6.07, 6.45) is -4.80. The van der Waals surface area contributed by atoms with Crippen LogP contribution >= 0.6 is 15.9 Å². The molecule has 1 aromatic rings. The van der Waals surface area contributed by atoms with Gasteiger partial charge in [0.15, 0.2) is 0 Å². The fourth-order valence-corrected chi connectivity index (χ4v) is 1.19. The highest BCUT2D eigenvalue weighted by molar-refractivity contribution is 9.08. The second kappa shape index (κ2) is 4.49. The molecule has 0 unspecified atom stereocenters. The predicted molar refractivity (Wildman–Crippen MR) is 48.3 cm³/mol. The summed E-state index contributed by atoms with van der Waals surface area (Å²) in [4.78, 5) is 3.36. The fourth-order valence-electron chi connectivity index (χ4n) is 0.864. The molecule has 0 aliphatic rings. The Hall–Kier alpha value is -1.29. The van der Waals surface area contributed by atoms with Crippen molar-refractivity contribution in [2.75, 3.05) is 0 Å². The summed E-state index contributed by atoms with van der Waals surface area (Å²) in [7, 11) is 0. The molecule has 0 fully saturated rings. The summed E-state index contributed by atoms with van der Waals surface area (Å²) in [5.74, 6) is -0.629. The number of halogens is 4. The number of ether oxygens (including phenoxy) is 1. The fraction of sp³-hybridized carbons (Fsp3) is 0.250. The Labute approximate surface area is 91.6 Å². The second-order valence-corrected chi connectivity index (χ2v) is 3.05. The van der Waals surface area contributed by atoms with Gasteiger partial charge in [0, 0.05) is 11.4 Å². The van der Waals surface area contributed by atoms with Crippen molar-refractivity contribution in [3.05, 3.63) is 23.4 Å². The van der Waals surface area contributed by atoms with Gasteiger partial charge in [0.05, 0.1) is 0 Å². The smallest absolute Gasteiger partial charge is 0.388 e. The standard InChI is InChI=1S/C8H4BrF3N2O/c9-3-5-1-6(4-13)14-7(2-5)15-8(10,11)12/h1-2H,3H2. The number of aromatic nitrogens is 1. The van der Waals surface area contributed by atoms with E-state index in [0.717, 1.165) is 6.07 Å². The van der Waals surface area contributed by atoms with Crippen molar-refractivity contribution in [2.45, 2.75) is 11.7 Å². The molecule has 1 aromatic heterocycles. The van der Waals surface area contributed by atoms with Gasteiger partial charge >= 0.3 is 6.36 Å². The largest absolute Gasteiger partial charge is 0.574 e. The first-order valence-corrected chi connectivity index (χ1v) is 4.79. The summed E-state index contributed by atoms with van der Waals surface area (Å²) in [6.45, 7) is 0. The first-order chi connectivity index (χ1) is 6.94. The maximum atomic E-state index is 11.9. The highest BCUT2D eigenvalue weighted by Gasteiger charge is 2.32. The molecule has 3 nitrogen and oxygen atoms in total. The Balaban J connectivity index is 3.03. The molecule has 80 valence electrons. The van der Waals surface area contributed by atoms with Gasteiger partial charge in [-0.1, -0.05) is 15.9 Å². The third-order valence-electron chi connectivity index (χ3n) is 1.35. The van der Waals surface area contributed by atoms with Crippen LogP contribution < -0.4 is 4.74 Å². The van der Waals surface area contributed by atoms with Crippen LogP contribution in [-0.4, -0.2) is 11.3 Å². The lowest BCUT2D eigenvalue weighted by Gasteiger charge is -2.08. The SMILES string of the molecule is N#Cc1cc(CBr)cc(OC(F)(F)F)n1. The van der Waals surface area contributed by atoms with E-state index in [0.29, 0.717) is 10.9 Å². The molecule has 0 atom stereocenters. The monoisotopic (exact) mass is 280 g/mol. The third kappa shape index (κ3) is 3.75. The van der Waals surface area contributed by atoms with Gasteiger partial charge in [-0.15, -0.1) is 13.2 Å². The second-order valence-electron chi connectivity index (χ2n) is 2.49. The molecule has 0 N–H and O–H groups in total. The molecule has 0 spiro atoms. The molecular weight excluding hydrogens is 277 g/mol. The van der Waals surface area contributed by atoms with E-state index < -0.39 is 12.2 Å². The Morgan fingerprint density at radius 3 is 2.60 bits per heavy atom. The molecule has 0 aromatic carbocycles. The van der Waals surface area contributed by atoms with Gasteiger partial charge < -0.3 is 4.74 Å². The molecule has 0 radical (unpaired) electrons. The van der Waals surface area contributed by atoms with Crippen molar-refractivity contribution in [2.24, 2.45) is 0 Å². The summed E-state index contributed by atoms with van der Waals surface area (Å²) in [5, 5.41) is 8.83. The number of alkyl halides is 4. The van der Waals surface area contributed by atoms with Crippen LogP contribution in [0.1, 0.15) is 11.3 Å². The minimum Gasteiger partial charge on any atom is -0.388 e. The molecule has 0 amide bonds. The Morgan fingerprint density at radius 2 is 2.13 bits per heavy atom. The highest BCUT2D eigenvalue weighted by Crippen LogP contribution is 2.22. The van der Waals surface area contributed by atoms with E-state index in [1.54, 1.807) is 6.07 Å². The van der Waals surface area contributed by atoms with Crippen LogP contribution in [0.3, 0.4) is 0 Å². The van der Waals surface area contributed by atoms with Crippen LogP contribution in [0.5, 0.6) is 5.88 Å². The van der Waals surface area contributed by atoms with E-state index in [2.05, 4.69) is 25.7 Å². The van der Waals surface area contributed by atoms with Crippen LogP contribution in [0.4, 0.5) is 13.2 Å². The summed E-state index contributed by atoms with van der Waals surface area (Å²) >= 11 is 3.06. The molecule has 1 rings (SSSR count). The quantitative estimate of drug-likeness (QED) is 0.783. The number of rotatable bonds is 2. The minimum atomic E-state index is -4.80. The lowest BCUT2D eigenvalue weighted by Crippen LogP contribution is -2.18. The van der Waals surface area contributed by atoms with Crippen molar-refractivity contribution < 1.29 is 17.9 Å². The van der Waals surface area contributed by atoms with E-state index in [9.17, 15) is 13.2 Å². The zero-order valence-corrected chi connectivity index (χ0v) is 8.76. The maximum Gasteiger partial charge on any atom is 0.574 e. The van der Waals surface area contributed by atoms with Crippen molar-refractivity contribution in [3.8, 4) is 11.9 Å². The summed E-state index contributed by atoms with van der Waals surface area (Å²) in [6, 6.07) is 4.14. The average molecular weight is 281 g/mol. The van der Waals surface area contributed by atoms with Crippen molar-refractivity contribution in [3.63, 3.8) is 0 Å². The molecular formula is C8H4BrF3N2O. The van der Waals surface area contributed by atoms with Gasteiger partial charge in [0.2, 0.25) is 5.88 Å². The molecule has 0 aliphatic heterocycles. The predicted octanol–water partition coefficient (Wildman–Crippen LogP) is 2.75. The molecule has 0 bridgehead atoms. The van der Waals surface area contributed by atoms with Crippen molar-refractivity contribution in [1.82, 2.24) is 4.98 Å². The lowest BCUT2D eigenvalue weighted by molar-refractivity contribution is -0.276. The third-order valence-corrected chi connectivity index (χ3v) is 2.00. The Morgan fingerprint density at radius 1 is 1.47 bits per heavy atom. The van der Waals surface area contributed by atoms with Crippen LogP contribution in [-0.2, 0) is 5.33 Å². The minimum absolute atomic E-state index is 0.119. The zero-order valence-electron chi connectivity index (χ0n) is 7.18.